The molecule has 0 radical (unpaired) electrons. The van der Waals surface area contributed by atoms with Gasteiger partial charge in [-0.05, 0) is 46.0 Å². The lowest BCUT2D eigenvalue weighted by molar-refractivity contribution is -0.00702. The number of piperazine rings is 1. The molecular formula is C17H36N2O. The first-order chi connectivity index (χ1) is 9.21. The van der Waals surface area contributed by atoms with Crippen molar-refractivity contribution in [3.8, 4) is 0 Å². The molecule has 3 heteroatoms. The molecule has 2 unspecified atom stereocenters. The Bertz CT molecular complexity index is 291. The van der Waals surface area contributed by atoms with E-state index in [1.807, 2.05) is 7.11 Å². The molecule has 3 nitrogen and oxygen atoms in total. The molecule has 0 amide bonds. The van der Waals surface area contributed by atoms with E-state index >= 15 is 0 Å². The van der Waals surface area contributed by atoms with Crippen molar-refractivity contribution in [2.24, 2.45) is 5.92 Å². The molecule has 0 aliphatic carbocycles. The molecule has 0 aromatic heterocycles. The van der Waals surface area contributed by atoms with Gasteiger partial charge >= 0.3 is 0 Å². The van der Waals surface area contributed by atoms with Gasteiger partial charge in [-0.15, -0.1) is 0 Å². The smallest absolute Gasteiger partial charge is 0.0634 e. The molecule has 0 aromatic rings. The van der Waals surface area contributed by atoms with Crippen molar-refractivity contribution >= 4 is 0 Å². The molecule has 0 bridgehead atoms. The molecule has 20 heavy (non-hydrogen) atoms. The Morgan fingerprint density at radius 1 is 1.40 bits per heavy atom. The molecular weight excluding hydrogens is 248 g/mol. The van der Waals surface area contributed by atoms with Crippen LogP contribution >= 0.6 is 0 Å². The minimum absolute atomic E-state index is 0.0180. The van der Waals surface area contributed by atoms with Crippen molar-refractivity contribution in [1.82, 2.24) is 10.2 Å². The first kappa shape index (κ1) is 17.9. The topological polar surface area (TPSA) is 24.5 Å². The zero-order chi connectivity index (χ0) is 15.4. The Morgan fingerprint density at radius 3 is 2.55 bits per heavy atom. The fraction of sp³-hybridized carbons (Fsp3) is 1.00. The fourth-order valence-corrected chi connectivity index (χ4v) is 2.92. The van der Waals surface area contributed by atoms with Gasteiger partial charge in [0.2, 0.25) is 0 Å². The van der Waals surface area contributed by atoms with E-state index in [4.69, 9.17) is 4.74 Å². The molecule has 1 saturated heterocycles. The number of nitrogens with one attached hydrogen (secondary N) is 1. The number of hydrogen-bond donors (Lipinski definition) is 1. The molecule has 1 N–H and O–H groups in total. The highest BCUT2D eigenvalue weighted by Gasteiger charge is 2.35. The number of hydrogen-bond acceptors (Lipinski definition) is 3. The van der Waals surface area contributed by atoms with Crippen molar-refractivity contribution in [2.75, 3.05) is 26.7 Å². The van der Waals surface area contributed by atoms with E-state index in [1.165, 1.54) is 12.8 Å². The summed E-state index contributed by atoms with van der Waals surface area (Å²) in [6.07, 6.45) is 3.56. The lowest BCUT2D eigenvalue weighted by Gasteiger charge is -2.47. The van der Waals surface area contributed by atoms with Gasteiger partial charge < -0.3 is 10.1 Å². The number of ether oxygens (including phenoxy) is 1. The summed E-state index contributed by atoms with van der Waals surface area (Å²) < 4.78 is 5.58. The number of methoxy groups -OCH3 is 1. The average molecular weight is 284 g/mol. The van der Waals surface area contributed by atoms with Crippen molar-refractivity contribution in [1.29, 1.82) is 0 Å². The van der Waals surface area contributed by atoms with Crippen LogP contribution in [0.15, 0.2) is 0 Å². The summed E-state index contributed by atoms with van der Waals surface area (Å²) in [6, 6.07) is 0.669. The van der Waals surface area contributed by atoms with E-state index in [0.29, 0.717) is 6.04 Å². The zero-order valence-electron chi connectivity index (χ0n) is 14.8. The van der Waals surface area contributed by atoms with Crippen LogP contribution in [-0.2, 0) is 4.74 Å². The van der Waals surface area contributed by atoms with Gasteiger partial charge in [-0.25, -0.2) is 0 Å². The molecule has 1 rings (SSSR count). The van der Waals surface area contributed by atoms with Gasteiger partial charge in [0.15, 0.2) is 0 Å². The highest BCUT2D eigenvalue weighted by atomic mass is 16.5. The largest absolute Gasteiger partial charge is 0.379 e. The minimum atomic E-state index is -0.0180. The molecule has 0 aromatic carbocycles. The van der Waals surface area contributed by atoms with Crippen molar-refractivity contribution in [3.05, 3.63) is 0 Å². The molecule has 0 spiro atoms. The van der Waals surface area contributed by atoms with E-state index < -0.39 is 0 Å². The maximum atomic E-state index is 5.58. The summed E-state index contributed by atoms with van der Waals surface area (Å²) in [5, 5.41) is 3.77. The fourth-order valence-electron chi connectivity index (χ4n) is 2.92. The quantitative estimate of drug-likeness (QED) is 0.776. The predicted molar refractivity (Wildman–Crippen MR) is 87.2 cm³/mol. The summed E-state index contributed by atoms with van der Waals surface area (Å²) in [4.78, 5) is 2.70. The Morgan fingerprint density at radius 2 is 2.05 bits per heavy atom. The molecule has 1 heterocycles. The predicted octanol–water partition coefficient (Wildman–Crippen LogP) is 3.29. The first-order valence-electron chi connectivity index (χ1n) is 8.25. The Labute approximate surface area is 126 Å². The second kappa shape index (κ2) is 7.24. The van der Waals surface area contributed by atoms with Gasteiger partial charge in [-0.1, -0.05) is 20.8 Å². The highest BCUT2D eigenvalue weighted by Crippen LogP contribution is 2.24. The minimum Gasteiger partial charge on any atom is -0.379 e. The number of rotatable bonds is 7. The van der Waals surface area contributed by atoms with Crippen molar-refractivity contribution in [2.45, 2.75) is 78.0 Å². The van der Waals surface area contributed by atoms with Crippen LogP contribution in [0.3, 0.4) is 0 Å². The van der Waals surface area contributed by atoms with Gasteiger partial charge in [-0.2, -0.15) is 0 Å². The third-order valence-corrected chi connectivity index (χ3v) is 4.91. The molecule has 1 aliphatic heterocycles. The molecule has 1 fully saturated rings. The van der Waals surface area contributed by atoms with Crippen LogP contribution < -0.4 is 5.32 Å². The van der Waals surface area contributed by atoms with Crippen LogP contribution in [0.4, 0.5) is 0 Å². The van der Waals surface area contributed by atoms with Crippen LogP contribution in [-0.4, -0.2) is 48.8 Å². The van der Waals surface area contributed by atoms with E-state index in [2.05, 4.69) is 51.8 Å². The Hall–Kier alpha value is -0.120. The summed E-state index contributed by atoms with van der Waals surface area (Å²) in [6.45, 7) is 17.1. The van der Waals surface area contributed by atoms with Gasteiger partial charge in [-0.3, -0.25) is 4.90 Å². The summed E-state index contributed by atoms with van der Waals surface area (Å²) >= 11 is 0. The zero-order valence-corrected chi connectivity index (χ0v) is 14.8. The molecule has 2 atom stereocenters. The van der Waals surface area contributed by atoms with E-state index in [-0.39, 0.29) is 11.1 Å². The summed E-state index contributed by atoms with van der Waals surface area (Å²) in [5.74, 6) is 0.755. The third kappa shape index (κ3) is 5.34. The average Bonchev–Trinajstić information content (AvgIpc) is 2.39. The number of nitrogens with zero attached hydrogens (tertiary/aromatic N) is 1. The van der Waals surface area contributed by atoms with Gasteiger partial charge in [0, 0.05) is 38.3 Å². The van der Waals surface area contributed by atoms with Gasteiger partial charge in [0.25, 0.3) is 0 Å². The third-order valence-electron chi connectivity index (χ3n) is 4.91. The van der Waals surface area contributed by atoms with Gasteiger partial charge in [0.1, 0.15) is 0 Å². The van der Waals surface area contributed by atoms with E-state index in [0.717, 1.165) is 32.0 Å². The molecule has 0 saturated carbocycles. The van der Waals surface area contributed by atoms with Crippen LogP contribution in [0.25, 0.3) is 0 Å². The second-order valence-corrected chi connectivity index (χ2v) is 7.76. The first-order valence-corrected chi connectivity index (χ1v) is 8.25. The van der Waals surface area contributed by atoms with E-state index in [9.17, 15) is 0 Å². The van der Waals surface area contributed by atoms with Gasteiger partial charge in [0.05, 0.1) is 5.60 Å². The SMILES string of the molecule is CCC1(C)CN(CCC(C)(C)OC)C(CC(C)C)CN1. The summed E-state index contributed by atoms with van der Waals surface area (Å²) in [5.41, 5.74) is 0.251. The van der Waals surface area contributed by atoms with Crippen LogP contribution in [0.5, 0.6) is 0 Å². The normalized spacial score (nSPS) is 29.1. The highest BCUT2D eigenvalue weighted by molar-refractivity contribution is 4.95. The van der Waals surface area contributed by atoms with Crippen molar-refractivity contribution in [3.63, 3.8) is 0 Å². The van der Waals surface area contributed by atoms with Crippen molar-refractivity contribution < 1.29 is 4.74 Å². The van der Waals surface area contributed by atoms with Crippen LogP contribution in [0.2, 0.25) is 0 Å². The van der Waals surface area contributed by atoms with Crippen LogP contribution in [0, 0.1) is 5.92 Å². The monoisotopic (exact) mass is 284 g/mol. The lowest BCUT2D eigenvalue weighted by Crippen LogP contribution is -2.63. The van der Waals surface area contributed by atoms with E-state index in [1.54, 1.807) is 0 Å². The second-order valence-electron chi connectivity index (χ2n) is 7.76. The molecule has 1 aliphatic rings. The van der Waals surface area contributed by atoms with Crippen LogP contribution in [0.1, 0.15) is 60.8 Å². The lowest BCUT2D eigenvalue weighted by atomic mass is 9.90. The Kier molecular flexibility index (Phi) is 6.49. The molecule has 120 valence electrons. The maximum Gasteiger partial charge on any atom is 0.0634 e. The maximum absolute atomic E-state index is 5.58. The Balaban J connectivity index is 2.66. The summed E-state index contributed by atoms with van der Waals surface area (Å²) in [7, 11) is 1.82. The standard InChI is InChI=1S/C17H36N2O/c1-8-17(6)13-19(10-9-16(4,5)20-7)15(12-18-17)11-14(2)3/h14-15,18H,8-13H2,1-7H3.